The number of rotatable bonds is 1. The zero-order valence-corrected chi connectivity index (χ0v) is 25.7. The lowest BCUT2D eigenvalue weighted by atomic mass is 9.70. The van der Waals surface area contributed by atoms with Crippen LogP contribution in [-0.2, 0) is 32.6 Å². The second-order valence-electron chi connectivity index (χ2n) is 11.8. The van der Waals surface area contributed by atoms with E-state index in [2.05, 4.69) is 21.8 Å². The highest BCUT2D eigenvalue weighted by atomic mass is 35.5. The number of halogens is 1. The average molecular weight is 601 g/mol. The van der Waals surface area contributed by atoms with Gasteiger partial charge < -0.3 is 14.4 Å². The first-order chi connectivity index (χ1) is 19.7. The number of hydrogen-bond acceptors (Lipinski definition) is 6. The smallest absolute Gasteiger partial charge is 0.264 e. The van der Waals surface area contributed by atoms with E-state index in [0.29, 0.717) is 35.6 Å². The Morgan fingerprint density at radius 1 is 1.07 bits per heavy atom. The van der Waals surface area contributed by atoms with Gasteiger partial charge in [-0.1, -0.05) is 43.7 Å². The van der Waals surface area contributed by atoms with E-state index < -0.39 is 21.8 Å². The van der Waals surface area contributed by atoms with Crippen LogP contribution < -0.4 is 14.4 Å². The number of benzene rings is 2. The van der Waals surface area contributed by atoms with Crippen LogP contribution >= 0.6 is 11.6 Å². The Morgan fingerprint density at radius 3 is 2.66 bits per heavy atom. The number of carbonyl (C=O) groups excluding carboxylic acids is 1. The molecule has 7 nitrogen and oxygen atoms in total. The molecule has 2 aliphatic heterocycles. The lowest BCUT2D eigenvalue weighted by Crippen LogP contribution is -2.44. The predicted octanol–water partition coefficient (Wildman–Crippen LogP) is 6.14. The number of nitrogens with zero attached hydrogens (tertiary/aromatic N) is 1. The van der Waals surface area contributed by atoms with Crippen molar-refractivity contribution in [2.75, 3.05) is 25.1 Å². The molecule has 0 spiro atoms. The summed E-state index contributed by atoms with van der Waals surface area (Å²) in [6.45, 7) is 5.64. The number of fused-ring (bicyclic) bond motifs is 3. The normalized spacial score (nSPS) is 29.4. The number of amides is 1. The first-order valence-electron chi connectivity index (χ1n) is 14.7. The number of aryl methyl sites for hydroxylation is 1. The molecule has 9 heteroatoms. The Balaban J connectivity index is 1.56. The van der Waals surface area contributed by atoms with Crippen molar-refractivity contribution in [2.45, 2.75) is 70.0 Å². The Kier molecular flexibility index (Phi) is 9.31. The van der Waals surface area contributed by atoms with Gasteiger partial charge in [0.25, 0.3) is 10.0 Å². The molecule has 2 aromatic rings. The molecule has 2 aromatic carbocycles. The van der Waals surface area contributed by atoms with Crippen LogP contribution in [0.1, 0.15) is 57.1 Å². The topological polar surface area (TPSA) is 84.9 Å². The number of sulfonamides is 1. The quantitative estimate of drug-likeness (QED) is 0.396. The highest BCUT2D eigenvalue weighted by Gasteiger charge is 2.38. The van der Waals surface area contributed by atoms with Gasteiger partial charge >= 0.3 is 0 Å². The summed E-state index contributed by atoms with van der Waals surface area (Å²) in [5.74, 6) is 0.399. The second-order valence-corrected chi connectivity index (χ2v) is 14.0. The third kappa shape index (κ3) is 6.76. The van der Waals surface area contributed by atoms with Crippen LogP contribution in [0, 0.1) is 23.7 Å². The Morgan fingerprint density at radius 2 is 1.90 bits per heavy atom. The van der Waals surface area contributed by atoms with E-state index >= 15 is 0 Å². The summed E-state index contributed by atoms with van der Waals surface area (Å²) < 4.78 is 41.6. The fraction of sp³-hybridized carbons (Fsp3) is 0.531. The van der Waals surface area contributed by atoms with Crippen molar-refractivity contribution in [3.63, 3.8) is 0 Å². The molecule has 1 saturated carbocycles. The molecule has 0 aromatic heterocycles. The predicted molar refractivity (Wildman–Crippen MR) is 162 cm³/mol. The van der Waals surface area contributed by atoms with Gasteiger partial charge in [-0.15, -0.1) is 0 Å². The highest BCUT2D eigenvalue weighted by Crippen LogP contribution is 2.42. The molecule has 3 aliphatic rings. The summed E-state index contributed by atoms with van der Waals surface area (Å²) in [6.07, 6.45) is 9.87. The molecule has 5 atom stereocenters. The summed E-state index contributed by atoms with van der Waals surface area (Å²) in [7, 11) is -2.31. The number of carbonyl (C=O) groups is 1. The van der Waals surface area contributed by atoms with Crippen molar-refractivity contribution in [2.24, 2.45) is 23.7 Å². The molecule has 2 bridgehead atoms. The minimum absolute atomic E-state index is 0.00334. The van der Waals surface area contributed by atoms with Crippen LogP contribution in [0.2, 0.25) is 5.02 Å². The lowest BCUT2D eigenvalue weighted by molar-refractivity contribution is -0.124. The van der Waals surface area contributed by atoms with E-state index in [1.807, 2.05) is 25.1 Å². The van der Waals surface area contributed by atoms with Crippen LogP contribution in [0.3, 0.4) is 0 Å². The number of ether oxygens (including phenoxy) is 2. The summed E-state index contributed by atoms with van der Waals surface area (Å²) in [4.78, 5) is 15.4. The average Bonchev–Trinajstić information content (AvgIpc) is 2.96. The van der Waals surface area contributed by atoms with Gasteiger partial charge in [-0.2, -0.15) is 0 Å². The molecule has 222 valence electrons. The number of allylic oxidation sites excluding steroid dienone is 1. The molecule has 2 heterocycles. The molecule has 1 N–H and O–H groups in total. The molecule has 1 fully saturated rings. The maximum absolute atomic E-state index is 13.4. The van der Waals surface area contributed by atoms with Crippen LogP contribution in [0.15, 0.2) is 53.4 Å². The van der Waals surface area contributed by atoms with Gasteiger partial charge in [0.1, 0.15) is 12.4 Å². The molecule has 0 radical (unpaired) electrons. The molecule has 0 saturated heterocycles. The number of hydrogen-bond donors (Lipinski definition) is 1. The van der Waals surface area contributed by atoms with Crippen LogP contribution in [-0.4, -0.2) is 40.6 Å². The Labute approximate surface area is 249 Å². The van der Waals surface area contributed by atoms with Crippen molar-refractivity contribution in [3.05, 3.63) is 64.7 Å². The molecule has 0 unspecified atom stereocenters. The minimum atomic E-state index is -4.07. The molecular weight excluding hydrogens is 560 g/mol. The maximum Gasteiger partial charge on any atom is 0.264 e. The van der Waals surface area contributed by atoms with Crippen molar-refractivity contribution >= 4 is 33.2 Å². The highest BCUT2D eigenvalue weighted by molar-refractivity contribution is 7.90. The van der Waals surface area contributed by atoms with Gasteiger partial charge in [0.2, 0.25) is 5.91 Å². The van der Waals surface area contributed by atoms with Crippen molar-refractivity contribution < 1.29 is 22.7 Å². The van der Waals surface area contributed by atoms with E-state index in [-0.39, 0.29) is 16.9 Å². The van der Waals surface area contributed by atoms with Gasteiger partial charge in [0.15, 0.2) is 0 Å². The van der Waals surface area contributed by atoms with E-state index in [1.54, 1.807) is 26.2 Å². The van der Waals surface area contributed by atoms with E-state index in [4.69, 9.17) is 21.1 Å². The van der Waals surface area contributed by atoms with Crippen LogP contribution in [0.4, 0.5) is 5.69 Å². The van der Waals surface area contributed by atoms with Gasteiger partial charge in [0.05, 0.1) is 16.7 Å². The molecular formula is C32H41ClN2O5S. The lowest BCUT2D eigenvalue weighted by Gasteiger charge is -2.43. The zero-order chi connectivity index (χ0) is 29.1. The minimum Gasteiger partial charge on any atom is -0.487 e. The SMILES string of the molecule is CO[C@H]1/C=C/C[C@H](C)[C@@H](C)C(=O)NS(=O)(=O)c2ccc3c(c2)N(CCCCc2cc(Cl)ccc2CO3)C[C@@H]2CC[C@H]21. The van der Waals surface area contributed by atoms with Gasteiger partial charge in [0, 0.05) is 31.1 Å². The van der Waals surface area contributed by atoms with E-state index in [9.17, 15) is 13.2 Å². The molecule has 1 amide bonds. The fourth-order valence-corrected chi connectivity index (χ4v) is 7.47. The van der Waals surface area contributed by atoms with Gasteiger partial charge in [-0.25, -0.2) is 13.1 Å². The molecule has 1 aliphatic carbocycles. The Bertz CT molecular complexity index is 1390. The zero-order valence-electron chi connectivity index (χ0n) is 24.1. The van der Waals surface area contributed by atoms with E-state index in [1.165, 1.54) is 11.6 Å². The summed E-state index contributed by atoms with van der Waals surface area (Å²) in [5, 5.41) is 0.711. The van der Waals surface area contributed by atoms with Crippen molar-refractivity contribution in [1.29, 1.82) is 0 Å². The summed E-state index contributed by atoms with van der Waals surface area (Å²) >= 11 is 6.31. The number of methoxy groups -OCH3 is 1. The van der Waals surface area contributed by atoms with Crippen molar-refractivity contribution in [3.8, 4) is 5.75 Å². The second kappa shape index (κ2) is 12.8. The van der Waals surface area contributed by atoms with Crippen LogP contribution in [0.25, 0.3) is 0 Å². The monoisotopic (exact) mass is 600 g/mol. The largest absolute Gasteiger partial charge is 0.487 e. The number of nitrogens with one attached hydrogen (secondary N) is 1. The van der Waals surface area contributed by atoms with Gasteiger partial charge in [-0.3, -0.25) is 4.79 Å². The van der Waals surface area contributed by atoms with E-state index in [0.717, 1.165) is 56.4 Å². The van der Waals surface area contributed by atoms with Crippen LogP contribution in [0.5, 0.6) is 5.75 Å². The standard InChI is InChI=1S/C32H41ClN2O5S/c1-21-7-6-9-30(39-3)28-14-11-24(28)19-35-16-5-4-8-23-17-26(33)12-10-25(23)20-40-31-15-13-27(18-29(31)35)41(37,38)34-32(36)22(21)2/h6,9-10,12-13,15,17-18,21-22,24,28,30H,4-5,7-8,11,14,16,19-20H2,1-3H3,(H,34,36)/b9-6+/t21-,22+,24-,28+,30-/m0/s1. The molecule has 41 heavy (non-hydrogen) atoms. The Hall–Kier alpha value is -2.55. The third-order valence-electron chi connectivity index (χ3n) is 9.22. The summed E-state index contributed by atoms with van der Waals surface area (Å²) in [6, 6.07) is 10.8. The fourth-order valence-electron chi connectivity index (χ4n) is 6.19. The molecule has 5 rings (SSSR count). The maximum atomic E-state index is 13.4. The van der Waals surface area contributed by atoms with Crippen molar-refractivity contribution in [1.82, 2.24) is 4.72 Å². The first-order valence-corrected chi connectivity index (χ1v) is 16.6. The van der Waals surface area contributed by atoms with Gasteiger partial charge in [-0.05, 0) is 97.7 Å². The first kappa shape index (κ1) is 29.9. The summed E-state index contributed by atoms with van der Waals surface area (Å²) in [5.41, 5.74) is 2.99. The number of anilines is 1. The third-order valence-corrected chi connectivity index (χ3v) is 10.8.